The Morgan fingerprint density at radius 2 is 1.59 bits per heavy atom. The zero-order valence-electron chi connectivity index (χ0n) is 24.5. The number of hydrogen-bond acceptors (Lipinski definition) is 5. The molecule has 0 saturated carbocycles. The second kappa shape index (κ2) is 13.0. The van der Waals surface area contributed by atoms with Crippen LogP contribution < -0.4 is 10.5 Å². The number of methoxy groups -OCH3 is 1. The monoisotopic (exact) mass is 555 g/mol. The molecule has 1 aliphatic rings. The molecule has 4 rings (SSSR count). The topological polar surface area (TPSA) is 106 Å². The van der Waals surface area contributed by atoms with E-state index in [9.17, 15) is 9.59 Å². The molecule has 3 aromatic rings. The van der Waals surface area contributed by atoms with Crippen molar-refractivity contribution in [2.75, 3.05) is 20.3 Å². The minimum atomic E-state index is -0.387. The average molecular weight is 556 g/mol. The number of amidine groups is 1. The second-order valence-corrected chi connectivity index (χ2v) is 11.8. The number of ether oxygens (including phenoxy) is 2. The fraction of sp³-hybridized carbons (Fsp3) is 0.382. The molecule has 1 amide bonds. The molecule has 7 heteroatoms. The van der Waals surface area contributed by atoms with Gasteiger partial charge in [0.1, 0.15) is 18.2 Å². The van der Waals surface area contributed by atoms with Crippen molar-refractivity contribution >= 4 is 17.7 Å². The Balaban J connectivity index is 1.37. The predicted octanol–water partition coefficient (Wildman–Crippen LogP) is 5.73. The normalized spacial score (nSPS) is 17.0. The standard InChI is InChI=1S/C34H41N3O4/c1-34(2,3)28-15-7-23(8-16-28)6-5-19-37-29(20-27(33(37)39)21-31(38)40-4)22-41-30-17-13-25(14-18-30)24-9-11-26(12-10-24)32(35)36/h7-18,27,29H,5-6,19-22H2,1-4H3,(H3,35,36)/t27-,29-/m0/s1. The van der Waals surface area contributed by atoms with E-state index in [2.05, 4.69) is 45.0 Å². The SMILES string of the molecule is COC(=O)C[C@@H]1C[C@@H](COc2ccc(-c3ccc(C(=N)N)cc3)cc2)N(CCCc2ccc(C(C)(C)C)cc2)C1=O. The van der Waals surface area contributed by atoms with Crippen LogP contribution in [0.1, 0.15) is 56.7 Å². The summed E-state index contributed by atoms with van der Waals surface area (Å²) in [6.07, 6.45) is 2.36. The smallest absolute Gasteiger partial charge is 0.306 e. The molecule has 7 nitrogen and oxygen atoms in total. The first-order valence-electron chi connectivity index (χ1n) is 14.2. The summed E-state index contributed by atoms with van der Waals surface area (Å²) in [6.45, 7) is 7.59. The molecule has 1 fully saturated rings. The fourth-order valence-corrected chi connectivity index (χ4v) is 5.28. The maximum Gasteiger partial charge on any atom is 0.306 e. The number of benzene rings is 3. The van der Waals surface area contributed by atoms with Crippen molar-refractivity contribution in [3.05, 3.63) is 89.5 Å². The minimum Gasteiger partial charge on any atom is -0.491 e. The molecule has 0 spiro atoms. The van der Waals surface area contributed by atoms with E-state index in [0.717, 1.165) is 29.7 Å². The van der Waals surface area contributed by atoms with Gasteiger partial charge in [-0.1, -0.05) is 81.4 Å². The number of rotatable bonds is 11. The molecule has 216 valence electrons. The van der Waals surface area contributed by atoms with Crippen molar-refractivity contribution in [1.82, 2.24) is 4.90 Å². The van der Waals surface area contributed by atoms with Crippen molar-refractivity contribution in [2.24, 2.45) is 11.7 Å². The molecule has 41 heavy (non-hydrogen) atoms. The lowest BCUT2D eigenvalue weighted by molar-refractivity contribution is -0.144. The minimum absolute atomic E-state index is 0.00330. The number of esters is 1. The number of likely N-dealkylation sites (tertiary alicyclic amines) is 1. The van der Waals surface area contributed by atoms with E-state index in [4.69, 9.17) is 20.6 Å². The summed E-state index contributed by atoms with van der Waals surface area (Å²) in [4.78, 5) is 27.1. The van der Waals surface area contributed by atoms with E-state index in [0.29, 0.717) is 25.1 Å². The van der Waals surface area contributed by atoms with Crippen LogP contribution in [-0.2, 0) is 26.2 Å². The fourth-order valence-electron chi connectivity index (χ4n) is 5.28. The van der Waals surface area contributed by atoms with Gasteiger partial charge in [0.05, 0.1) is 25.5 Å². The Morgan fingerprint density at radius 3 is 2.15 bits per heavy atom. The predicted molar refractivity (Wildman–Crippen MR) is 162 cm³/mol. The third kappa shape index (κ3) is 7.75. The number of nitrogens with zero attached hydrogens (tertiary/aromatic N) is 1. The molecule has 1 heterocycles. The van der Waals surface area contributed by atoms with Gasteiger partial charge >= 0.3 is 5.97 Å². The van der Waals surface area contributed by atoms with E-state index >= 15 is 0 Å². The maximum absolute atomic E-state index is 13.3. The van der Waals surface area contributed by atoms with Crippen LogP contribution in [0.3, 0.4) is 0 Å². The van der Waals surface area contributed by atoms with Gasteiger partial charge in [-0.3, -0.25) is 15.0 Å². The summed E-state index contributed by atoms with van der Waals surface area (Å²) >= 11 is 0. The van der Waals surface area contributed by atoms with Crippen LogP contribution in [0.15, 0.2) is 72.8 Å². The number of carbonyl (C=O) groups excluding carboxylic acids is 2. The van der Waals surface area contributed by atoms with E-state index in [1.54, 1.807) is 0 Å². The Kier molecular flexibility index (Phi) is 9.48. The number of hydrogen-bond donors (Lipinski definition) is 2. The summed E-state index contributed by atoms with van der Waals surface area (Å²) in [5, 5.41) is 7.55. The summed E-state index contributed by atoms with van der Waals surface area (Å²) in [5.41, 5.74) is 11.0. The lowest BCUT2D eigenvalue weighted by Gasteiger charge is -2.25. The Bertz CT molecular complexity index is 1340. The number of nitrogen functional groups attached to an aromatic ring is 1. The van der Waals surface area contributed by atoms with Gasteiger partial charge in [0, 0.05) is 12.1 Å². The van der Waals surface area contributed by atoms with Crippen molar-refractivity contribution < 1.29 is 19.1 Å². The lowest BCUT2D eigenvalue weighted by atomic mass is 9.86. The number of carbonyl (C=O) groups is 2. The average Bonchev–Trinajstić information content (AvgIpc) is 3.25. The summed E-state index contributed by atoms with van der Waals surface area (Å²) < 4.78 is 11.0. The Morgan fingerprint density at radius 1 is 0.976 bits per heavy atom. The third-order valence-electron chi connectivity index (χ3n) is 7.78. The van der Waals surface area contributed by atoms with Crippen LogP contribution in [0.5, 0.6) is 5.75 Å². The van der Waals surface area contributed by atoms with Crippen LogP contribution in [0.25, 0.3) is 11.1 Å². The molecule has 0 aromatic heterocycles. The molecule has 1 saturated heterocycles. The van der Waals surface area contributed by atoms with Gasteiger partial charge < -0.3 is 20.1 Å². The van der Waals surface area contributed by atoms with E-state index < -0.39 is 0 Å². The zero-order valence-corrected chi connectivity index (χ0v) is 24.5. The van der Waals surface area contributed by atoms with Gasteiger partial charge in [-0.25, -0.2) is 0 Å². The van der Waals surface area contributed by atoms with Crippen LogP contribution >= 0.6 is 0 Å². The first kappa shape index (κ1) is 29.8. The van der Waals surface area contributed by atoms with Crippen LogP contribution in [-0.4, -0.2) is 48.9 Å². The van der Waals surface area contributed by atoms with E-state index in [1.165, 1.54) is 18.2 Å². The van der Waals surface area contributed by atoms with E-state index in [1.807, 2.05) is 53.4 Å². The Hall–Kier alpha value is -4.13. The molecule has 0 bridgehead atoms. The molecular formula is C34H41N3O4. The molecule has 2 atom stereocenters. The largest absolute Gasteiger partial charge is 0.491 e. The summed E-state index contributed by atoms with van der Waals surface area (Å²) in [7, 11) is 1.35. The Labute approximate surface area is 243 Å². The van der Waals surface area contributed by atoms with Gasteiger partial charge in [0.2, 0.25) is 5.91 Å². The lowest BCUT2D eigenvalue weighted by Crippen LogP contribution is -2.38. The number of nitrogens with two attached hydrogens (primary N) is 1. The highest BCUT2D eigenvalue weighted by Crippen LogP contribution is 2.30. The van der Waals surface area contributed by atoms with Crippen LogP contribution in [0.4, 0.5) is 0 Å². The molecule has 0 aliphatic carbocycles. The van der Waals surface area contributed by atoms with Gasteiger partial charge in [0.15, 0.2) is 0 Å². The number of amides is 1. The quantitative estimate of drug-likeness (QED) is 0.179. The van der Waals surface area contributed by atoms with Gasteiger partial charge in [0.25, 0.3) is 0 Å². The molecular weight excluding hydrogens is 514 g/mol. The zero-order chi connectivity index (χ0) is 29.6. The second-order valence-electron chi connectivity index (χ2n) is 11.8. The maximum atomic E-state index is 13.3. The molecule has 0 radical (unpaired) electrons. The highest BCUT2D eigenvalue weighted by molar-refractivity contribution is 5.95. The van der Waals surface area contributed by atoms with Crippen LogP contribution in [0.2, 0.25) is 0 Å². The van der Waals surface area contributed by atoms with Gasteiger partial charge in [-0.2, -0.15) is 0 Å². The first-order chi connectivity index (χ1) is 19.5. The molecule has 0 unspecified atom stereocenters. The molecule has 1 aliphatic heterocycles. The van der Waals surface area contributed by atoms with Gasteiger partial charge in [-0.05, 0) is 59.1 Å². The first-order valence-corrected chi connectivity index (χ1v) is 14.2. The molecule has 3 N–H and O–H groups in total. The van der Waals surface area contributed by atoms with Crippen molar-refractivity contribution in [3.8, 4) is 16.9 Å². The number of nitrogens with one attached hydrogen (secondary N) is 1. The van der Waals surface area contributed by atoms with Crippen molar-refractivity contribution in [2.45, 2.75) is 57.9 Å². The summed E-state index contributed by atoms with van der Waals surface area (Å²) in [6, 6.07) is 24.0. The third-order valence-corrected chi connectivity index (χ3v) is 7.78. The highest BCUT2D eigenvalue weighted by Gasteiger charge is 2.40. The van der Waals surface area contributed by atoms with E-state index in [-0.39, 0.29) is 41.5 Å². The molecule has 3 aromatic carbocycles. The highest BCUT2D eigenvalue weighted by atomic mass is 16.5. The van der Waals surface area contributed by atoms with Crippen molar-refractivity contribution in [3.63, 3.8) is 0 Å². The number of aryl methyl sites for hydroxylation is 1. The summed E-state index contributed by atoms with van der Waals surface area (Å²) in [5.74, 6) is 0.00909. The van der Waals surface area contributed by atoms with Gasteiger partial charge in [-0.15, -0.1) is 0 Å². The van der Waals surface area contributed by atoms with Crippen LogP contribution in [0, 0.1) is 11.3 Å². The van der Waals surface area contributed by atoms with Crippen molar-refractivity contribution in [1.29, 1.82) is 5.41 Å².